The fourth-order valence-electron chi connectivity index (χ4n) is 2.38. The van der Waals surface area contributed by atoms with E-state index in [1.54, 1.807) is 0 Å². The van der Waals surface area contributed by atoms with Crippen LogP contribution in [0, 0.1) is 5.41 Å². The van der Waals surface area contributed by atoms with Crippen LogP contribution in [0.5, 0.6) is 0 Å². The van der Waals surface area contributed by atoms with Crippen LogP contribution in [0.4, 0.5) is 5.82 Å². The zero-order valence-corrected chi connectivity index (χ0v) is 11.8. The third-order valence-electron chi connectivity index (χ3n) is 3.11. The van der Waals surface area contributed by atoms with Crippen LogP contribution < -0.4 is 4.90 Å². The maximum absolute atomic E-state index is 5.52. The van der Waals surface area contributed by atoms with Gasteiger partial charge in [0.05, 0.1) is 6.61 Å². The normalized spacial score (nSPS) is 17.6. The third-order valence-corrected chi connectivity index (χ3v) is 3.11. The largest absolute Gasteiger partial charge is 0.380 e. The van der Waals surface area contributed by atoms with E-state index in [0.717, 1.165) is 45.0 Å². The Balaban J connectivity index is 2.20. The van der Waals surface area contributed by atoms with Crippen molar-refractivity contribution >= 4 is 5.82 Å². The number of hydrogen-bond acceptors (Lipinski definition) is 3. The number of anilines is 1. The maximum atomic E-state index is 5.52. The van der Waals surface area contributed by atoms with Crippen LogP contribution in [-0.2, 0) is 11.2 Å². The molecule has 1 aliphatic heterocycles. The van der Waals surface area contributed by atoms with E-state index in [1.165, 1.54) is 5.56 Å². The Hall–Kier alpha value is -1.09. The van der Waals surface area contributed by atoms with Gasteiger partial charge in [0.1, 0.15) is 5.82 Å². The molecule has 0 saturated carbocycles. The van der Waals surface area contributed by atoms with Crippen LogP contribution in [0.3, 0.4) is 0 Å². The van der Waals surface area contributed by atoms with Gasteiger partial charge in [-0.25, -0.2) is 4.98 Å². The van der Waals surface area contributed by atoms with Crippen LogP contribution >= 0.6 is 0 Å². The number of ether oxygens (including phenoxy) is 1. The SMILES string of the molecule is CC(C)(C)Cc1cccnc1N1CCCOCC1. The van der Waals surface area contributed by atoms with Gasteiger partial charge in [0, 0.05) is 25.9 Å². The summed E-state index contributed by atoms with van der Waals surface area (Å²) >= 11 is 0. The van der Waals surface area contributed by atoms with Gasteiger partial charge in [-0.1, -0.05) is 26.8 Å². The number of nitrogens with zero attached hydrogens (tertiary/aromatic N) is 2. The minimum atomic E-state index is 0.292. The molecule has 1 fully saturated rings. The second-order valence-electron chi connectivity index (χ2n) is 6.18. The predicted molar refractivity (Wildman–Crippen MR) is 75.0 cm³/mol. The van der Waals surface area contributed by atoms with E-state index >= 15 is 0 Å². The summed E-state index contributed by atoms with van der Waals surface area (Å²) in [5, 5.41) is 0. The Labute approximate surface area is 110 Å². The Kier molecular flexibility index (Phi) is 4.23. The van der Waals surface area contributed by atoms with Gasteiger partial charge in [0.15, 0.2) is 0 Å². The van der Waals surface area contributed by atoms with Crippen LogP contribution in [-0.4, -0.2) is 31.3 Å². The molecule has 100 valence electrons. The molecule has 0 atom stereocenters. The predicted octanol–water partition coefficient (Wildman–Crippen LogP) is 2.90. The van der Waals surface area contributed by atoms with Crippen molar-refractivity contribution in [2.75, 3.05) is 31.2 Å². The molecule has 3 nitrogen and oxygen atoms in total. The zero-order valence-electron chi connectivity index (χ0n) is 11.8. The Morgan fingerprint density at radius 3 is 2.89 bits per heavy atom. The average Bonchev–Trinajstić information content (AvgIpc) is 2.56. The second-order valence-corrected chi connectivity index (χ2v) is 6.18. The molecule has 2 rings (SSSR count). The molecular weight excluding hydrogens is 224 g/mol. The molecule has 0 unspecified atom stereocenters. The maximum Gasteiger partial charge on any atom is 0.131 e. The quantitative estimate of drug-likeness (QED) is 0.804. The molecule has 1 aromatic rings. The minimum absolute atomic E-state index is 0.292. The lowest BCUT2D eigenvalue weighted by Crippen LogP contribution is -2.28. The Morgan fingerprint density at radius 1 is 1.28 bits per heavy atom. The minimum Gasteiger partial charge on any atom is -0.380 e. The Morgan fingerprint density at radius 2 is 2.11 bits per heavy atom. The Bertz CT molecular complexity index is 376. The molecule has 18 heavy (non-hydrogen) atoms. The van der Waals surface area contributed by atoms with Crippen molar-refractivity contribution in [3.8, 4) is 0 Å². The molecule has 0 amide bonds. The molecule has 1 aliphatic rings. The standard InChI is InChI=1S/C15H24N2O/c1-15(2,3)12-13-6-4-7-16-14(13)17-8-5-10-18-11-9-17/h4,6-7H,5,8-12H2,1-3H3. The van der Waals surface area contributed by atoms with Gasteiger partial charge in [-0.2, -0.15) is 0 Å². The van der Waals surface area contributed by atoms with Gasteiger partial charge in [0.2, 0.25) is 0 Å². The molecule has 1 saturated heterocycles. The van der Waals surface area contributed by atoms with Gasteiger partial charge in [-0.05, 0) is 29.9 Å². The highest BCUT2D eigenvalue weighted by atomic mass is 16.5. The molecule has 0 N–H and O–H groups in total. The molecule has 0 radical (unpaired) electrons. The van der Waals surface area contributed by atoms with Gasteiger partial charge >= 0.3 is 0 Å². The highest BCUT2D eigenvalue weighted by Crippen LogP contribution is 2.26. The lowest BCUT2D eigenvalue weighted by molar-refractivity contribution is 0.152. The monoisotopic (exact) mass is 248 g/mol. The van der Waals surface area contributed by atoms with Crippen LogP contribution in [0.1, 0.15) is 32.8 Å². The van der Waals surface area contributed by atoms with E-state index in [2.05, 4.69) is 36.7 Å². The number of aromatic nitrogens is 1. The van der Waals surface area contributed by atoms with Crippen molar-refractivity contribution in [1.82, 2.24) is 4.98 Å². The lowest BCUT2D eigenvalue weighted by atomic mass is 9.88. The molecule has 3 heteroatoms. The van der Waals surface area contributed by atoms with Crippen molar-refractivity contribution in [2.45, 2.75) is 33.6 Å². The van der Waals surface area contributed by atoms with Crippen molar-refractivity contribution < 1.29 is 4.74 Å². The van der Waals surface area contributed by atoms with Gasteiger partial charge in [0.25, 0.3) is 0 Å². The summed E-state index contributed by atoms with van der Waals surface area (Å²) in [4.78, 5) is 6.97. The zero-order chi connectivity index (χ0) is 13.0. The van der Waals surface area contributed by atoms with Crippen molar-refractivity contribution in [3.05, 3.63) is 23.9 Å². The summed E-state index contributed by atoms with van der Waals surface area (Å²) in [5.74, 6) is 1.15. The average molecular weight is 248 g/mol. The number of rotatable bonds is 2. The first-order valence-electron chi connectivity index (χ1n) is 6.83. The fraction of sp³-hybridized carbons (Fsp3) is 0.667. The molecule has 0 aromatic carbocycles. The van der Waals surface area contributed by atoms with E-state index in [9.17, 15) is 0 Å². The molecular formula is C15H24N2O. The van der Waals surface area contributed by atoms with Crippen molar-refractivity contribution in [2.24, 2.45) is 5.41 Å². The van der Waals surface area contributed by atoms with E-state index in [-0.39, 0.29) is 0 Å². The van der Waals surface area contributed by atoms with Gasteiger partial charge in [-0.3, -0.25) is 0 Å². The first-order valence-corrected chi connectivity index (χ1v) is 6.83. The second kappa shape index (κ2) is 5.70. The first-order chi connectivity index (χ1) is 8.56. The highest BCUT2D eigenvalue weighted by Gasteiger charge is 2.19. The highest BCUT2D eigenvalue weighted by molar-refractivity contribution is 5.47. The number of pyridine rings is 1. The third kappa shape index (κ3) is 3.70. The lowest BCUT2D eigenvalue weighted by Gasteiger charge is -2.26. The first kappa shape index (κ1) is 13.3. The molecule has 1 aromatic heterocycles. The van der Waals surface area contributed by atoms with E-state index in [1.807, 2.05) is 12.3 Å². The summed E-state index contributed by atoms with van der Waals surface area (Å²) in [7, 11) is 0. The topological polar surface area (TPSA) is 25.4 Å². The summed E-state index contributed by atoms with van der Waals surface area (Å²) in [6, 6.07) is 4.25. The van der Waals surface area contributed by atoms with Crippen LogP contribution in [0.15, 0.2) is 18.3 Å². The smallest absolute Gasteiger partial charge is 0.131 e. The summed E-state index contributed by atoms with van der Waals surface area (Å²) in [5.41, 5.74) is 1.65. The summed E-state index contributed by atoms with van der Waals surface area (Å²) in [6.45, 7) is 10.5. The summed E-state index contributed by atoms with van der Waals surface area (Å²) < 4.78 is 5.52. The van der Waals surface area contributed by atoms with Crippen molar-refractivity contribution in [3.63, 3.8) is 0 Å². The molecule has 0 bridgehead atoms. The van der Waals surface area contributed by atoms with E-state index < -0.39 is 0 Å². The summed E-state index contributed by atoms with van der Waals surface area (Å²) in [6.07, 6.45) is 4.05. The fourth-order valence-corrected chi connectivity index (χ4v) is 2.38. The molecule has 0 spiro atoms. The van der Waals surface area contributed by atoms with E-state index in [4.69, 9.17) is 4.74 Å². The van der Waals surface area contributed by atoms with Crippen LogP contribution in [0.2, 0.25) is 0 Å². The van der Waals surface area contributed by atoms with Gasteiger partial charge in [-0.15, -0.1) is 0 Å². The molecule has 0 aliphatic carbocycles. The van der Waals surface area contributed by atoms with E-state index in [0.29, 0.717) is 5.41 Å². The van der Waals surface area contributed by atoms with Crippen molar-refractivity contribution in [1.29, 1.82) is 0 Å². The molecule has 2 heterocycles. The van der Waals surface area contributed by atoms with Crippen LogP contribution in [0.25, 0.3) is 0 Å². The number of hydrogen-bond donors (Lipinski definition) is 0. The van der Waals surface area contributed by atoms with Gasteiger partial charge < -0.3 is 9.64 Å².